The highest BCUT2D eigenvalue weighted by molar-refractivity contribution is 5.78. The van der Waals surface area contributed by atoms with Crippen LogP contribution in [0.2, 0.25) is 0 Å². The normalized spacial score (nSPS) is 17.6. The lowest BCUT2D eigenvalue weighted by molar-refractivity contribution is -0.154. The number of nitrogens with zero attached hydrogens (tertiary/aromatic N) is 5. The van der Waals surface area contributed by atoms with Gasteiger partial charge in [0.15, 0.2) is 6.61 Å². The largest absolute Gasteiger partial charge is 0.454 e. The molecular weight excluding hydrogens is 536 g/mol. The summed E-state index contributed by atoms with van der Waals surface area (Å²) in [6.07, 6.45) is -8.05. The van der Waals surface area contributed by atoms with E-state index < -0.39 is 30.5 Å². The maximum atomic E-state index is 13.1. The van der Waals surface area contributed by atoms with Crippen LogP contribution in [0.15, 0.2) is 24.3 Å². The highest BCUT2D eigenvalue weighted by Gasteiger charge is 2.31. The number of carbonyl (C=O) groups excluding carboxylic acids is 1. The Labute approximate surface area is 219 Å². The molecule has 0 unspecified atom stereocenters. The average molecular weight is 564 g/mol. The summed E-state index contributed by atoms with van der Waals surface area (Å²) in [7, 11) is 0. The minimum Gasteiger partial charge on any atom is -0.454 e. The Bertz CT molecular complexity index is 1120. The van der Waals surface area contributed by atoms with E-state index in [-0.39, 0.29) is 36.1 Å². The van der Waals surface area contributed by atoms with Gasteiger partial charge in [-0.2, -0.15) is 41.3 Å². The number of likely N-dealkylation sites (tertiary alicyclic amines) is 1. The second-order valence-corrected chi connectivity index (χ2v) is 9.06. The van der Waals surface area contributed by atoms with Crippen LogP contribution in [0, 0.1) is 0 Å². The molecule has 1 amide bonds. The van der Waals surface area contributed by atoms with Crippen molar-refractivity contribution in [1.29, 1.82) is 0 Å². The van der Waals surface area contributed by atoms with Crippen molar-refractivity contribution >= 4 is 23.5 Å². The number of anilines is 3. The molecule has 0 bridgehead atoms. The lowest BCUT2D eigenvalue weighted by Gasteiger charge is -2.34. The van der Waals surface area contributed by atoms with Gasteiger partial charge in [-0.1, -0.05) is 6.07 Å². The third-order valence-electron chi connectivity index (χ3n) is 6.07. The summed E-state index contributed by atoms with van der Waals surface area (Å²) in [5, 5.41) is 5.60. The molecule has 16 heteroatoms. The summed E-state index contributed by atoms with van der Waals surface area (Å²) < 4.78 is 87.2. The number of morpholine rings is 1. The number of hydrogen-bond acceptors (Lipinski definition) is 9. The Kier molecular flexibility index (Phi) is 8.94. The Hall–Kier alpha value is -3.40. The topological polar surface area (TPSA) is 105 Å². The third-order valence-corrected chi connectivity index (χ3v) is 6.07. The standard InChI is InChI=1S/C23H27F6N7O3/c24-22(25,26)14-39-21-33-19(32-20(34-21)31-17-3-1-2-15(12-17)23(27,28)29)30-16-4-6-35(7-5-16)13-18(37)36-8-10-38-11-9-36/h1-3,12,16H,4-11,13-14H2,(H2,30,31,32,33,34). The van der Waals surface area contributed by atoms with Crippen LogP contribution in [-0.2, 0) is 15.7 Å². The minimum absolute atomic E-state index is 0.0259. The van der Waals surface area contributed by atoms with Crippen LogP contribution in [0.1, 0.15) is 18.4 Å². The molecule has 1 aromatic heterocycles. The Morgan fingerprint density at radius 1 is 1.00 bits per heavy atom. The zero-order valence-electron chi connectivity index (χ0n) is 20.7. The number of aromatic nitrogens is 3. The molecule has 2 saturated heterocycles. The summed E-state index contributed by atoms with van der Waals surface area (Å²) >= 11 is 0. The van der Waals surface area contributed by atoms with Crippen molar-refractivity contribution < 1.29 is 40.6 Å². The molecule has 2 N–H and O–H groups in total. The van der Waals surface area contributed by atoms with E-state index in [1.807, 2.05) is 4.90 Å². The smallest absolute Gasteiger partial charge is 0.422 e. The molecule has 214 valence electrons. The van der Waals surface area contributed by atoms with Crippen molar-refractivity contribution in [2.24, 2.45) is 0 Å². The van der Waals surface area contributed by atoms with Crippen molar-refractivity contribution in [2.75, 3.05) is 63.2 Å². The lowest BCUT2D eigenvalue weighted by atomic mass is 10.1. The fourth-order valence-electron chi connectivity index (χ4n) is 4.11. The Balaban J connectivity index is 1.41. The van der Waals surface area contributed by atoms with Crippen LogP contribution in [0.4, 0.5) is 43.9 Å². The molecule has 2 aliphatic rings. The van der Waals surface area contributed by atoms with Gasteiger partial charge < -0.3 is 25.0 Å². The predicted octanol–water partition coefficient (Wildman–Crippen LogP) is 3.31. The molecule has 1 aromatic carbocycles. The van der Waals surface area contributed by atoms with Gasteiger partial charge in [-0.15, -0.1) is 0 Å². The van der Waals surface area contributed by atoms with Crippen LogP contribution in [-0.4, -0.2) is 95.4 Å². The van der Waals surface area contributed by atoms with Crippen molar-refractivity contribution in [3.8, 4) is 6.01 Å². The van der Waals surface area contributed by atoms with Gasteiger partial charge in [0.1, 0.15) is 0 Å². The number of carbonyl (C=O) groups is 1. The molecule has 0 radical (unpaired) electrons. The predicted molar refractivity (Wildman–Crippen MR) is 127 cm³/mol. The molecule has 3 heterocycles. The molecule has 2 aromatic rings. The van der Waals surface area contributed by atoms with Crippen molar-refractivity contribution in [3.63, 3.8) is 0 Å². The van der Waals surface area contributed by atoms with Gasteiger partial charge in [0.05, 0.1) is 25.3 Å². The van der Waals surface area contributed by atoms with E-state index in [2.05, 4.69) is 30.3 Å². The molecule has 39 heavy (non-hydrogen) atoms. The van der Waals surface area contributed by atoms with Gasteiger partial charge in [-0.3, -0.25) is 9.69 Å². The summed E-state index contributed by atoms with van der Waals surface area (Å²) in [4.78, 5) is 28.1. The zero-order valence-corrected chi connectivity index (χ0v) is 20.7. The van der Waals surface area contributed by atoms with E-state index in [0.717, 1.165) is 12.1 Å². The van der Waals surface area contributed by atoms with Crippen molar-refractivity contribution in [1.82, 2.24) is 24.8 Å². The molecule has 0 spiro atoms. The first-order valence-electron chi connectivity index (χ1n) is 12.2. The van der Waals surface area contributed by atoms with E-state index in [1.165, 1.54) is 12.1 Å². The minimum atomic E-state index is -4.65. The van der Waals surface area contributed by atoms with Gasteiger partial charge in [0.2, 0.25) is 17.8 Å². The molecule has 2 fully saturated rings. The number of halogens is 6. The van der Waals surface area contributed by atoms with E-state index >= 15 is 0 Å². The van der Waals surface area contributed by atoms with Gasteiger partial charge in [0, 0.05) is 37.9 Å². The third kappa shape index (κ3) is 8.81. The first-order valence-corrected chi connectivity index (χ1v) is 12.2. The summed E-state index contributed by atoms with van der Waals surface area (Å²) in [6, 6.07) is 3.39. The van der Waals surface area contributed by atoms with Crippen LogP contribution < -0.4 is 15.4 Å². The van der Waals surface area contributed by atoms with Crippen LogP contribution in [0.5, 0.6) is 6.01 Å². The number of alkyl halides is 6. The number of piperidine rings is 1. The molecule has 0 saturated carbocycles. The monoisotopic (exact) mass is 563 g/mol. The highest BCUT2D eigenvalue weighted by Crippen LogP contribution is 2.31. The summed E-state index contributed by atoms with van der Waals surface area (Å²) in [5.41, 5.74) is -0.950. The van der Waals surface area contributed by atoms with Gasteiger partial charge >= 0.3 is 18.4 Å². The number of nitrogens with one attached hydrogen (secondary N) is 2. The van der Waals surface area contributed by atoms with Crippen molar-refractivity contribution in [2.45, 2.75) is 31.2 Å². The second kappa shape index (κ2) is 12.2. The van der Waals surface area contributed by atoms with E-state index in [4.69, 9.17) is 4.74 Å². The maximum Gasteiger partial charge on any atom is 0.422 e. The first kappa shape index (κ1) is 28.6. The molecule has 2 aliphatic heterocycles. The molecule has 4 rings (SSSR count). The van der Waals surface area contributed by atoms with Crippen LogP contribution in [0.3, 0.4) is 0 Å². The summed E-state index contributed by atoms with van der Waals surface area (Å²) in [6.45, 7) is 1.95. The number of hydrogen-bond donors (Lipinski definition) is 2. The first-order chi connectivity index (χ1) is 18.4. The highest BCUT2D eigenvalue weighted by atomic mass is 19.4. The quantitative estimate of drug-likeness (QED) is 0.468. The Morgan fingerprint density at radius 2 is 1.69 bits per heavy atom. The van der Waals surface area contributed by atoms with Crippen molar-refractivity contribution in [3.05, 3.63) is 29.8 Å². The van der Waals surface area contributed by atoms with E-state index in [0.29, 0.717) is 52.2 Å². The van der Waals surface area contributed by atoms with Gasteiger partial charge in [0.25, 0.3) is 0 Å². The Morgan fingerprint density at radius 3 is 2.36 bits per heavy atom. The van der Waals surface area contributed by atoms with E-state index in [1.54, 1.807) is 4.90 Å². The summed E-state index contributed by atoms with van der Waals surface area (Å²) in [5.74, 6) is -0.365. The zero-order chi connectivity index (χ0) is 28.0. The number of rotatable bonds is 8. The fraction of sp³-hybridized carbons (Fsp3) is 0.565. The lowest BCUT2D eigenvalue weighted by Crippen LogP contribution is -2.48. The number of benzene rings is 1. The van der Waals surface area contributed by atoms with Crippen LogP contribution in [0.25, 0.3) is 0 Å². The van der Waals surface area contributed by atoms with E-state index in [9.17, 15) is 31.1 Å². The molecule has 0 atom stereocenters. The maximum absolute atomic E-state index is 13.1. The fourth-order valence-corrected chi connectivity index (χ4v) is 4.11. The average Bonchev–Trinajstić information content (AvgIpc) is 2.88. The second-order valence-electron chi connectivity index (χ2n) is 9.06. The van der Waals surface area contributed by atoms with Gasteiger partial charge in [-0.25, -0.2) is 0 Å². The molecular formula is C23H27F6N7O3. The number of amides is 1. The number of ether oxygens (including phenoxy) is 2. The molecule has 10 nitrogen and oxygen atoms in total. The van der Waals surface area contributed by atoms with Gasteiger partial charge in [-0.05, 0) is 31.0 Å². The SMILES string of the molecule is O=C(CN1CCC(Nc2nc(Nc3cccc(C(F)(F)F)c3)nc(OCC(F)(F)F)n2)CC1)N1CCOCC1. The van der Waals surface area contributed by atoms with Crippen LogP contribution >= 0.6 is 0 Å². The molecule has 0 aliphatic carbocycles.